The molecule has 0 unspecified atom stereocenters. The number of methoxy groups -OCH3 is 1. The van der Waals surface area contributed by atoms with Crippen LogP contribution in [-0.2, 0) is 6.54 Å². The zero-order valence-electron chi connectivity index (χ0n) is 10.9. The van der Waals surface area contributed by atoms with Crippen molar-refractivity contribution in [2.24, 2.45) is 0 Å². The van der Waals surface area contributed by atoms with E-state index in [2.05, 4.69) is 0 Å². The van der Waals surface area contributed by atoms with Crippen molar-refractivity contribution < 1.29 is 9.13 Å². The van der Waals surface area contributed by atoms with Gasteiger partial charge in [0.15, 0.2) is 0 Å². The van der Waals surface area contributed by atoms with Gasteiger partial charge in [-0.1, -0.05) is 29.8 Å². The highest BCUT2D eigenvalue weighted by atomic mass is 35.5. The lowest BCUT2D eigenvalue weighted by Crippen LogP contribution is -1.99. The standard InChI is InChI=1S/C16H13ClFNO/c1-20-15-7-3-6-14-12(15)8-9-19(14)10-11-4-2-5-13(18)16(11)17/h2-9H,10H2,1H3. The van der Waals surface area contributed by atoms with E-state index in [-0.39, 0.29) is 5.02 Å². The number of benzene rings is 2. The van der Waals surface area contributed by atoms with Crippen LogP contribution in [0.25, 0.3) is 10.9 Å². The summed E-state index contributed by atoms with van der Waals surface area (Å²) in [5.74, 6) is 0.435. The quantitative estimate of drug-likeness (QED) is 0.693. The molecule has 3 rings (SSSR count). The number of hydrogen-bond acceptors (Lipinski definition) is 1. The number of halogens is 2. The molecule has 4 heteroatoms. The van der Waals surface area contributed by atoms with Crippen molar-refractivity contribution >= 4 is 22.5 Å². The summed E-state index contributed by atoms with van der Waals surface area (Å²) < 4.78 is 20.8. The Balaban J connectivity index is 2.05. The smallest absolute Gasteiger partial charge is 0.142 e. The minimum Gasteiger partial charge on any atom is -0.496 e. The van der Waals surface area contributed by atoms with Gasteiger partial charge < -0.3 is 9.30 Å². The maximum absolute atomic E-state index is 13.5. The highest BCUT2D eigenvalue weighted by Crippen LogP contribution is 2.28. The number of nitrogens with zero attached hydrogens (tertiary/aromatic N) is 1. The molecule has 0 aliphatic rings. The minimum absolute atomic E-state index is 0.178. The van der Waals surface area contributed by atoms with E-state index in [0.717, 1.165) is 22.2 Å². The van der Waals surface area contributed by atoms with Gasteiger partial charge in [0.2, 0.25) is 0 Å². The van der Waals surface area contributed by atoms with Gasteiger partial charge in [0.05, 0.1) is 17.6 Å². The lowest BCUT2D eigenvalue weighted by Gasteiger charge is -2.09. The highest BCUT2D eigenvalue weighted by Gasteiger charge is 2.09. The molecule has 3 aromatic rings. The molecule has 0 spiro atoms. The average molecular weight is 290 g/mol. The Morgan fingerprint density at radius 1 is 1.15 bits per heavy atom. The zero-order chi connectivity index (χ0) is 14.1. The Bertz CT molecular complexity index is 766. The molecule has 0 saturated heterocycles. The highest BCUT2D eigenvalue weighted by molar-refractivity contribution is 6.31. The van der Waals surface area contributed by atoms with Gasteiger partial charge in [-0.05, 0) is 29.8 Å². The first-order valence-electron chi connectivity index (χ1n) is 6.25. The van der Waals surface area contributed by atoms with Crippen molar-refractivity contribution in [3.63, 3.8) is 0 Å². The number of hydrogen-bond donors (Lipinski definition) is 0. The summed E-state index contributed by atoms with van der Waals surface area (Å²) in [6.45, 7) is 0.521. The van der Waals surface area contributed by atoms with E-state index in [1.165, 1.54) is 6.07 Å². The molecule has 0 amide bonds. The molecule has 0 N–H and O–H groups in total. The molecule has 2 aromatic carbocycles. The Morgan fingerprint density at radius 3 is 2.75 bits per heavy atom. The van der Waals surface area contributed by atoms with E-state index >= 15 is 0 Å². The predicted octanol–water partition coefficient (Wildman–Crippen LogP) is 4.49. The van der Waals surface area contributed by atoms with Crippen LogP contribution in [0.3, 0.4) is 0 Å². The van der Waals surface area contributed by atoms with Crippen molar-refractivity contribution in [1.29, 1.82) is 0 Å². The van der Waals surface area contributed by atoms with Gasteiger partial charge >= 0.3 is 0 Å². The molecule has 2 nitrogen and oxygen atoms in total. The van der Waals surface area contributed by atoms with Crippen molar-refractivity contribution in [1.82, 2.24) is 4.57 Å². The van der Waals surface area contributed by atoms with E-state index in [1.807, 2.05) is 41.1 Å². The fraction of sp³-hybridized carbons (Fsp3) is 0.125. The molecule has 20 heavy (non-hydrogen) atoms. The second-order valence-corrected chi connectivity index (χ2v) is 4.93. The van der Waals surface area contributed by atoms with Crippen LogP contribution < -0.4 is 4.74 Å². The molecule has 1 heterocycles. The molecule has 0 atom stereocenters. The Hall–Kier alpha value is -2.00. The topological polar surface area (TPSA) is 14.2 Å². The molecule has 0 aliphatic carbocycles. The molecular formula is C16H13ClFNO. The Labute approximate surface area is 121 Å². The summed E-state index contributed by atoms with van der Waals surface area (Å²) in [4.78, 5) is 0. The summed E-state index contributed by atoms with van der Waals surface area (Å²) in [5, 5.41) is 1.21. The van der Waals surface area contributed by atoms with Crippen LogP contribution in [-0.4, -0.2) is 11.7 Å². The van der Waals surface area contributed by atoms with E-state index < -0.39 is 5.82 Å². The van der Waals surface area contributed by atoms with Gasteiger partial charge in [-0.2, -0.15) is 0 Å². The van der Waals surface area contributed by atoms with E-state index in [4.69, 9.17) is 16.3 Å². The molecule has 0 radical (unpaired) electrons. The molecule has 0 saturated carbocycles. The molecule has 0 bridgehead atoms. The maximum atomic E-state index is 13.5. The lowest BCUT2D eigenvalue weighted by atomic mass is 10.2. The second kappa shape index (κ2) is 5.17. The normalized spacial score (nSPS) is 10.9. The SMILES string of the molecule is COc1cccc2c1ccn2Cc1cccc(F)c1Cl. The van der Waals surface area contributed by atoms with Gasteiger partial charge in [-0.25, -0.2) is 4.39 Å². The maximum Gasteiger partial charge on any atom is 0.142 e. The molecule has 0 aliphatic heterocycles. The van der Waals surface area contributed by atoms with Crippen LogP contribution in [0.2, 0.25) is 5.02 Å². The third-order valence-electron chi connectivity index (χ3n) is 3.37. The van der Waals surface area contributed by atoms with Crippen LogP contribution in [0.4, 0.5) is 4.39 Å². The summed E-state index contributed by atoms with van der Waals surface area (Å²) in [7, 11) is 1.65. The van der Waals surface area contributed by atoms with Gasteiger partial charge in [0, 0.05) is 18.1 Å². The van der Waals surface area contributed by atoms with Crippen molar-refractivity contribution in [2.45, 2.75) is 6.54 Å². The fourth-order valence-electron chi connectivity index (χ4n) is 2.37. The number of aromatic nitrogens is 1. The summed E-state index contributed by atoms with van der Waals surface area (Å²) in [6, 6.07) is 12.7. The van der Waals surface area contributed by atoms with Crippen molar-refractivity contribution in [2.75, 3.05) is 7.11 Å². The van der Waals surface area contributed by atoms with Crippen LogP contribution >= 0.6 is 11.6 Å². The van der Waals surface area contributed by atoms with Gasteiger partial charge in [0.1, 0.15) is 11.6 Å². The second-order valence-electron chi connectivity index (χ2n) is 4.55. The number of rotatable bonds is 3. The Morgan fingerprint density at radius 2 is 1.95 bits per heavy atom. The largest absolute Gasteiger partial charge is 0.496 e. The van der Waals surface area contributed by atoms with Gasteiger partial charge in [-0.15, -0.1) is 0 Å². The summed E-state index contributed by atoms with van der Waals surface area (Å²) in [5.41, 5.74) is 1.79. The van der Waals surface area contributed by atoms with Crippen LogP contribution in [0.1, 0.15) is 5.56 Å². The van der Waals surface area contributed by atoms with Crippen LogP contribution in [0.5, 0.6) is 5.75 Å². The molecule has 0 fully saturated rings. The number of fused-ring (bicyclic) bond motifs is 1. The number of ether oxygens (including phenoxy) is 1. The molecule has 102 valence electrons. The monoisotopic (exact) mass is 289 g/mol. The van der Waals surface area contributed by atoms with E-state index in [9.17, 15) is 4.39 Å². The Kier molecular flexibility index (Phi) is 3.36. The van der Waals surface area contributed by atoms with Crippen molar-refractivity contribution in [3.05, 3.63) is 65.1 Å². The third kappa shape index (κ3) is 2.14. The zero-order valence-corrected chi connectivity index (χ0v) is 11.7. The first kappa shape index (κ1) is 13.0. The summed E-state index contributed by atoms with van der Waals surface area (Å²) >= 11 is 6.01. The first-order valence-corrected chi connectivity index (χ1v) is 6.63. The molecular weight excluding hydrogens is 277 g/mol. The molecule has 1 aromatic heterocycles. The van der Waals surface area contributed by atoms with Gasteiger partial charge in [0.25, 0.3) is 0 Å². The average Bonchev–Trinajstić information content (AvgIpc) is 2.87. The van der Waals surface area contributed by atoms with Crippen LogP contribution in [0.15, 0.2) is 48.7 Å². The lowest BCUT2D eigenvalue weighted by molar-refractivity contribution is 0.420. The third-order valence-corrected chi connectivity index (χ3v) is 3.79. The van der Waals surface area contributed by atoms with E-state index in [0.29, 0.717) is 6.54 Å². The van der Waals surface area contributed by atoms with Crippen LogP contribution in [0, 0.1) is 5.82 Å². The predicted molar refractivity (Wildman–Crippen MR) is 79.0 cm³/mol. The van der Waals surface area contributed by atoms with E-state index in [1.54, 1.807) is 13.2 Å². The first-order chi connectivity index (χ1) is 9.70. The fourth-order valence-corrected chi connectivity index (χ4v) is 2.55. The summed E-state index contributed by atoms with van der Waals surface area (Å²) in [6.07, 6.45) is 1.95. The minimum atomic E-state index is -0.391. The van der Waals surface area contributed by atoms with Crippen molar-refractivity contribution in [3.8, 4) is 5.75 Å². The van der Waals surface area contributed by atoms with Gasteiger partial charge in [-0.3, -0.25) is 0 Å².